The van der Waals surface area contributed by atoms with Gasteiger partial charge in [0.05, 0.1) is 12.4 Å². The molecule has 0 aliphatic rings. The SMILES string of the molecule is Cn1c(=O)c2c(ncn2CCN[C@H](c2ccccc2)c2cccnc2)n(C)c1=O. The molecule has 0 radical (unpaired) electrons. The van der Waals surface area contributed by atoms with Gasteiger partial charge in [-0.05, 0) is 17.2 Å². The lowest BCUT2D eigenvalue weighted by atomic mass is 10.0. The number of nitrogens with zero attached hydrogens (tertiary/aromatic N) is 5. The Balaban J connectivity index is 1.60. The van der Waals surface area contributed by atoms with Gasteiger partial charge in [0.15, 0.2) is 11.2 Å². The standard InChI is InChI=1S/C21H22N6O2/c1-25-19-18(20(28)26(2)21(25)29)27(14-24-19)12-11-23-17(15-7-4-3-5-8-15)16-9-6-10-22-13-16/h3-10,13-14,17,23H,11-12H2,1-2H3/t17-/m1/s1. The van der Waals surface area contributed by atoms with Gasteiger partial charge in [-0.3, -0.25) is 18.9 Å². The molecule has 0 bridgehead atoms. The molecule has 29 heavy (non-hydrogen) atoms. The third-order valence-electron chi connectivity index (χ3n) is 5.07. The molecular weight excluding hydrogens is 368 g/mol. The zero-order valence-corrected chi connectivity index (χ0v) is 16.3. The van der Waals surface area contributed by atoms with E-state index in [1.807, 2.05) is 36.5 Å². The molecule has 8 heteroatoms. The van der Waals surface area contributed by atoms with Crippen molar-refractivity contribution in [2.75, 3.05) is 6.54 Å². The van der Waals surface area contributed by atoms with Crippen LogP contribution in [0.25, 0.3) is 11.2 Å². The van der Waals surface area contributed by atoms with Crippen molar-refractivity contribution in [2.24, 2.45) is 14.1 Å². The van der Waals surface area contributed by atoms with Crippen LogP contribution in [-0.4, -0.2) is 30.2 Å². The summed E-state index contributed by atoms with van der Waals surface area (Å²) >= 11 is 0. The van der Waals surface area contributed by atoms with Crippen LogP contribution in [-0.2, 0) is 20.6 Å². The Morgan fingerprint density at radius 2 is 1.76 bits per heavy atom. The largest absolute Gasteiger partial charge is 0.332 e. The number of hydrogen-bond acceptors (Lipinski definition) is 5. The van der Waals surface area contributed by atoms with Crippen molar-refractivity contribution in [2.45, 2.75) is 12.6 Å². The Morgan fingerprint density at radius 1 is 1.00 bits per heavy atom. The summed E-state index contributed by atoms with van der Waals surface area (Å²) in [4.78, 5) is 33.2. The molecule has 3 heterocycles. The van der Waals surface area contributed by atoms with Crippen LogP contribution in [0.1, 0.15) is 17.2 Å². The smallest absolute Gasteiger partial charge is 0.323 e. The second-order valence-electron chi connectivity index (χ2n) is 6.90. The number of benzene rings is 1. The van der Waals surface area contributed by atoms with Gasteiger partial charge in [-0.1, -0.05) is 36.4 Å². The minimum atomic E-state index is -0.383. The van der Waals surface area contributed by atoms with Crippen LogP contribution in [0, 0.1) is 0 Å². The first kappa shape index (κ1) is 18.8. The van der Waals surface area contributed by atoms with Gasteiger partial charge >= 0.3 is 5.69 Å². The van der Waals surface area contributed by atoms with E-state index in [1.165, 1.54) is 11.6 Å². The third kappa shape index (κ3) is 3.50. The van der Waals surface area contributed by atoms with Crippen LogP contribution in [0.5, 0.6) is 0 Å². The molecule has 0 saturated heterocycles. The van der Waals surface area contributed by atoms with Crippen LogP contribution in [0.3, 0.4) is 0 Å². The number of imidazole rings is 1. The third-order valence-corrected chi connectivity index (χ3v) is 5.07. The molecule has 1 N–H and O–H groups in total. The monoisotopic (exact) mass is 390 g/mol. The van der Waals surface area contributed by atoms with E-state index >= 15 is 0 Å². The van der Waals surface area contributed by atoms with Crippen LogP contribution >= 0.6 is 0 Å². The molecule has 0 amide bonds. The number of hydrogen-bond donors (Lipinski definition) is 1. The highest BCUT2D eigenvalue weighted by Crippen LogP contribution is 2.20. The van der Waals surface area contributed by atoms with Gasteiger partial charge in [0.1, 0.15) is 0 Å². The van der Waals surface area contributed by atoms with Crippen molar-refractivity contribution in [3.8, 4) is 0 Å². The Morgan fingerprint density at radius 3 is 2.48 bits per heavy atom. The van der Waals surface area contributed by atoms with E-state index in [9.17, 15) is 9.59 Å². The van der Waals surface area contributed by atoms with Gasteiger partial charge in [0, 0.05) is 39.6 Å². The van der Waals surface area contributed by atoms with Gasteiger partial charge in [-0.25, -0.2) is 9.78 Å². The second-order valence-corrected chi connectivity index (χ2v) is 6.90. The molecule has 1 aromatic carbocycles. The fourth-order valence-electron chi connectivity index (χ4n) is 3.52. The van der Waals surface area contributed by atoms with Crippen LogP contribution in [0.15, 0.2) is 70.8 Å². The predicted octanol–water partition coefficient (Wildman–Crippen LogP) is 1.21. The van der Waals surface area contributed by atoms with Crippen LogP contribution < -0.4 is 16.6 Å². The maximum atomic E-state index is 12.6. The van der Waals surface area contributed by atoms with Gasteiger partial charge in [0.2, 0.25) is 0 Å². The molecule has 148 valence electrons. The lowest BCUT2D eigenvalue weighted by Crippen LogP contribution is -2.37. The highest BCUT2D eigenvalue weighted by atomic mass is 16.2. The molecule has 0 spiro atoms. The average molecular weight is 390 g/mol. The van der Waals surface area contributed by atoms with Crippen molar-refractivity contribution in [3.63, 3.8) is 0 Å². The second kappa shape index (κ2) is 7.84. The number of nitrogens with one attached hydrogen (secondary N) is 1. The first-order valence-electron chi connectivity index (χ1n) is 9.37. The van der Waals surface area contributed by atoms with Gasteiger partial charge < -0.3 is 9.88 Å². The number of fused-ring (bicyclic) bond motifs is 1. The molecule has 4 aromatic rings. The number of aryl methyl sites for hydroxylation is 1. The number of aromatic nitrogens is 5. The molecule has 1 atom stereocenters. The topological polar surface area (TPSA) is 86.7 Å². The quantitative estimate of drug-likeness (QED) is 0.535. The number of rotatable bonds is 6. The minimum Gasteiger partial charge on any atom is -0.323 e. The van der Waals surface area contributed by atoms with Gasteiger partial charge in [-0.15, -0.1) is 0 Å². The molecule has 0 aliphatic carbocycles. The summed E-state index contributed by atoms with van der Waals surface area (Å²) in [6.07, 6.45) is 5.21. The Hall–Kier alpha value is -3.52. The number of pyridine rings is 1. The lowest BCUT2D eigenvalue weighted by molar-refractivity contribution is 0.554. The van der Waals surface area contributed by atoms with Crippen molar-refractivity contribution < 1.29 is 0 Å². The fraction of sp³-hybridized carbons (Fsp3) is 0.238. The van der Waals surface area contributed by atoms with E-state index < -0.39 is 0 Å². The summed E-state index contributed by atoms with van der Waals surface area (Å²) in [6, 6.07) is 14.1. The maximum absolute atomic E-state index is 12.6. The summed E-state index contributed by atoms with van der Waals surface area (Å²) in [5.41, 5.74) is 2.29. The van der Waals surface area contributed by atoms with E-state index in [2.05, 4.69) is 27.4 Å². The fourth-order valence-corrected chi connectivity index (χ4v) is 3.52. The van der Waals surface area contributed by atoms with E-state index in [-0.39, 0.29) is 17.3 Å². The summed E-state index contributed by atoms with van der Waals surface area (Å²) < 4.78 is 4.29. The van der Waals surface area contributed by atoms with Crippen LogP contribution in [0.4, 0.5) is 0 Å². The van der Waals surface area contributed by atoms with Crippen molar-refractivity contribution in [3.05, 3.63) is 93.2 Å². The summed E-state index contributed by atoms with van der Waals surface area (Å²) in [5.74, 6) is 0. The maximum Gasteiger partial charge on any atom is 0.332 e. The van der Waals surface area contributed by atoms with Crippen molar-refractivity contribution in [1.82, 2.24) is 29.0 Å². The van der Waals surface area contributed by atoms with Crippen molar-refractivity contribution in [1.29, 1.82) is 0 Å². The first-order chi connectivity index (χ1) is 14.1. The average Bonchev–Trinajstić information content (AvgIpc) is 3.19. The molecule has 8 nitrogen and oxygen atoms in total. The molecule has 3 aromatic heterocycles. The van der Waals surface area contributed by atoms with Crippen LogP contribution in [0.2, 0.25) is 0 Å². The van der Waals surface area contributed by atoms with E-state index in [4.69, 9.17) is 0 Å². The summed E-state index contributed by atoms with van der Waals surface area (Å²) in [5, 5.41) is 3.55. The van der Waals surface area contributed by atoms with E-state index in [1.54, 1.807) is 24.1 Å². The molecule has 0 unspecified atom stereocenters. The Labute approximate surface area is 167 Å². The van der Waals surface area contributed by atoms with Crippen molar-refractivity contribution >= 4 is 11.2 Å². The van der Waals surface area contributed by atoms with Gasteiger partial charge in [0.25, 0.3) is 5.56 Å². The Kier molecular flexibility index (Phi) is 5.09. The first-order valence-corrected chi connectivity index (χ1v) is 9.37. The normalized spacial score (nSPS) is 12.3. The van der Waals surface area contributed by atoms with E-state index in [0.717, 1.165) is 15.7 Å². The zero-order chi connectivity index (χ0) is 20.4. The summed E-state index contributed by atoms with van der Waals surface area (Å²) in [6.45, 7) is 1.14. The molecule has 4 rings (SSSR count). The highest BCUT2D eigenvalue weighted by Gasteiger charge is 2.16. The molecular formula is C21H22N6O2. The summed E-state index contributed by atoms with van der Waals surface area (Å²) in [7, 11) is 3.10. The predicted molar refractivity (Wildman–Crippen MR) is 111 cm³/mol. The minimum absolute atomic E-state index is 0.0214. The lowest BCUT2D eigenvalue weighted by Gasteiger charge is -2.20. The molecule has 0 aliphatic heterocycles. The molecule has 0 fully saturated rings. The zero-order valence-electron chi connectivity index (χ0n) is 16.3. The Bertz CT molecular complexity index is 1200. The highest BCUT2D eigenvalue weighted by molar-refractivity contribution is 5.69. The van der Waals surface area contributed by atoms with E-state index in [0.29, 0.717) is 24.3 Å². The molecule has 0 saturated carbocycles. The van der Waals surface area contributed by atoms with Gasteiger partial charge in [-0.2, -0.15) is 0 Å².